The summed E-state index contributed by atoms with van der Waals surface area (Å²) in [5.41, 5.74) is 0. The van der Waals surface area contributed by atoms with E-state index < -0.39 is 35.2 Å². The fraction of sp³-hybridized carbons (Fsp3) is 0.917. The minimum atomic E-state index is -1.83. The lowest BCUT2D eigenvalue weighted by molar-refractivity contribution is -0.148. The molecule has 19 heavy (non-hydrogen) atoms. The number of unbranched alkanes of at least 4 members (excludes halogenated alkanes) is 3. The molecule has 0 radical (unpaired) electrons. The van der Waals surface area contributed by atoms with E-state index in [4.69, 9.17) is 5.11 Å². The van der Waals surface area contributed by atoms with Crippen LogP contribution in [0.2, 0.25) is 0 Å². The number of halogens is 1. The van der Waals surface area contributed by atoms with Gasteiger partial charge in [-0.25, -0.2) is 0 Å². The van der Waals surface area contributed by atoms with Crippen LogP contribution in [-0.2, 0) is 4.79 Å². The van der Waals surface area contributed by atoms with Gasteiger partial charge in [0.2, 0.25) is 0 Å². The van der Waals surface area contributed by atoms with Gasteiger partial charge in [0.1, 0.15) is 29.4 Å². The van der Waals surface area contributed by atoms with Crippen molar-refractivity contribution >= 4 is 21.7 Å². The maximum atomic E-state index is 11.6. The Morgan fingerprint density at radius 3 is 2.00 bits per heavy atom. The standard InChI is InChI=1S/C12H23BrO6/c1-2-3-4-5-6-7(14)8(15)9(16)10(17)11(18)12(13)19/h8-12,15-19H,2-6H2,1H3/t8-,9+,10-,11-,12?/m0/s1. The van der Waals surface area contributed by atoms with Crippen LogP contribution in [0.3, 0.4) is 0 Å². The molecule has 0 aromatic carbocycles. The van der Waals surface area contributed by atoms with Crippen molar-refractivity contribution in [2.75, 3.05) is 0 Å². The number of ketones is 1. The summed E-state index contributed by atoms with van der Waals surface area (Å²) in [6.45, 7) is 2.03. The van der Waals surface area contributed by atoms with Crippen LogP contribution in [0.1, 0.15) is 39.0 Å². The average Bonchev–Trinajstić information content (AvgIpc) is 2.39. The van der Waals surface area contributed by atoms with Crippen LogP contribution in [0, 0.1) is 0 Å². The topological polar surface area (TPSA) is 118 Å². The third-order valence-electron chi connectivity index (χ3n) is 2.91. The Bertz CT molecular complexity index is 261. The highest BCUT2D eigenvalue weighted by Crippen LogP contribution is 2.14. The zero-order valence-corrected chi connectivity index (χ0v) is 12.5. The quantitative estimate of drug-likeness (QED) is 0.274. The molecule has 0 aliphatic rings. The van der Waals surface area contributed by atoms with Gasteiger partial charge in [0.15, 0.2) is 5.78 Å². The summed E-state index contributed by atoms with van der Waals surface area (Å²) >= 11 is 2.62. The van der Waals surface area contributed by atoms with Crippen LogP contribution in [0.25, 0.3) is 0 Å². The first-order valence-electron chi connectivity index (χ1n) is 6.40. The van der Waals surface area contributed by atoms with Gasteiger partial charge in [-0.2, -0.15) is 0 Å². The highest BCUT2D eigenvalue weighted by atomic mass is 79.9. The van der Waals surface area contributed by atoms with E-state index in [1.54, 1.807) is 0 Å². The predicted octanol–water partition coefficient (Wildman–Crippen LogP) is -0.317. The minimum absolute atomic E-state index is 0.109. The zero-order valence-electron chi connectivity index (χ0n) is 10.9. The molecule has 0 amide bonds. The summed E-state index contributed by atoms with van der Waals surface area (Å²) in [5, 5.41) is 45.5. The molecule has 0 rings (SSSR count). The predicted molar refractivity (Wildman–Crippen MR) is 72.7 cm³/mol. The van der Waals surface area contributed by atoms with Gasteiger partial charge in [-0.15, -0.1) is 0 Å². The first kappa shape index (κ1) is 18.9. The van der Waals surface area contributed by atoms with Crippen LogP contribution < -0.4 is 0 Å². The highest BCUT2D eigenvalue weighted by Gasteiger charge is 2.36. The number of hydrogen-bond acceptors (Lipinski definition) is 6. The molecule has 0 fully saturated rings. The molecular formula is C12H23BrO6. The summed E-state index contributed by atoms with van der Waals surface area (Å²) in [4.78, 5) is 11.6. The van der Waals surface area contributed by atoms with Gasteiger partial charge < -0.3 is 25.5 Å². The second-order valence-electron chi connectivity index (χ2n) is 4.57. The number of rotatable bonds is 10. The third kappa shape index (κ3) is 6.78. The van der Waals surface area contributed by atoms with Gasteiger partial charge in [0.25, 0.3) is 0 Å². The molecular weight excluding hydrogens is 320 g/mol. The largest absolute Gasteiger partial charge is 0.387 e. The average molecular weight is 343 g/mol. The van der Waals surface area contributed by atoms with Gasteiger partial charge in [-0.1, -0.05) is 42.1 Å². The number of alkyl halides is 1. The normalized spacial score (nSPS) is 19.5. The van der Waals surface area contributed by atoms with E-state index in [1.165, 1.54) is 0 Å². The van der Waals surface area contributed by atoms with E-state index in [9.17, 15) is 25.2 Å². The molecule has 5 N–H and O–H groups in total. The molecule has 6 nitrogen and oxygen atoms in total. The molecule has 0 aliphatic carbocycles. The fourth-order valence-corrected chi connectivity index (χ4v) is 1.93. The molecule has 0 aliphatic heterocycles. The highest BCUT2D eigenvalue weighted by molar-refractivity contribution is 9.09. The molecule has 114 valence electrons. The smallest absolute Gasteiger partial charge is 0.164 e. The molecule has 0 aromatic rings. The minimum Gasteiger partial charge on any atom is -0.387 e. The van der Waals surface area contributed by atoms with Crippen molar-refractivity contribution in [2.24, 2.45) is 0 Å². The monoisotopic (exact) mass is 342 g/mol. The van der Waals surface area contributed by atoms with Gasteiger partial charge >= 0.3 is 0 Å². The van der Waals surface area contributed by atoms with Crippen LogP contribution in [-0.4, -0.2) is 60.7 Å². The summed E-state index contributed by atoms with van der Waals surface area (Å²) < 4.78 is 0. The first-order chi connectivity index (χ1) is 8.82. The van der Waals surface area contributed by atoms with Crippen molar-refractivity contribution in [3.8, 4) is 0 Å². The number of carbonyl (C=O) groups is 1. The number of carbonyl (C=O) groups excluding carboxylic acids is 1. The van der Waals surface area contributed by atoms with E-state index in [-0.39, 0.29) is 6.42 Å². The summed E-state index contributed by atoms with van der Waals surface area (Å²) in [7, 11) is 0. The maximum Gasteiger partial charge on any atom is 0.164 e. The molecule has 0 saturated carbocycles. The molecule has 0 bridgehead atoms. The third-order valence-corrected chi connectivity index (χ3v) is 3.45. The van der Waals surface area contributed by atoms with Crippen molar-refractivity contribution < 1.29 is 30.3 Å². The molecule has 1 unspecified atom stereocenters. The van der Waals surface area contributed by atoms with Gasteiger partial charge in [0, 0.05) is 6.42 Å². The Labute approximate surface area is 121 Å². The van der Waals surface area contributed by atoms with E-state index in [1.807, 2.05) is 6.92 Å². The van der Waals surface area contributed by atoms with E-state index >= 15 is 0 Å². The zero-order chi connectivity index (χ0) is 15.0. The fourth-order valence-electron chi connectivity index (χ4n) is 1.62. The summed E-state index contributed by atoms with van der Waals surface area (Å²) in [6, 6.07) is 0. The van der Waals surface area contributed by atoms with Gasteiger partial charge in [-0.3, -0.25) is 4.79 Å². The van der Waals surface area contributed by atoms with Crippen LogP contribution in [0.4, 0.5) is 0 Å². The number of hydrogen-bond donors (Lipinski definition) is 5. The van der Waals surface area contributed by atoms with Crippen LogP contribution in [0.5, 0.6) is 0 Å². The van der Waals surface area contributed by atoms with E-state index in [2.05, 4.69) is 15.9 Å². The van der Waals surface area contributed by atoms with Crippen molar-refractivity contribution in [1.29, 1.82) is 0 Å². The van der Waals surface area contributed by atoms with Crippen LogP contribution in [0.15, 0.2) is 0 Å². The van der Waals surface area contributed by atoms with E-state index in [0.29, 0.717) is 6.42 Å². The second kappa shape index (κ2) is 9.79. The van der Waals surface area contributed by atoms with Gasteiger partial charge in [0.05, 0.1) is 0 Å². The van der Waals surface area contributed by atoms with Crippen molar-refractivity contribution in [1.82, 2.24) is 0 Å². The number of aliphatic hydroxyl groups is 5. The Morgan fingerprint density at radius 2 is 1.53 bits per heavy atom. The Balaban J connectivity index is 4.23. The lowest BCUT2D eigenvalue weighted by atomic mass is 9.97. The molecule has 7 heteroatoms. The second-order valence-corrected chi connectivity index (χ2v) is 5.50. The number of Topliss-reactive ketones (excluding diaryl/α,β-unsaturated/α-hetero) is 1. The van der Waals surface area contributed by atoms with Crippen LogP contribution >= 0.6 is 15.9 Å². The molecule has 0 aromatic heterocycles. The first-order valence-corrected chi connectivity index (χ1v) is 7.31. The maximum absolute atomic E-state index is 11.6. The number of aliphatic hydroxyl groups excluding tert-OH is 5. The van der Waals surface area contributed by atoms with E-state index in [0.717, 1.165) is 19.3 Å². The molecule has 0 saturated heterocycles. The molecule has 0 heterocycles. The summed E-state index contributed by atoms with van der Waals surface area (Å²) in [6.07, 6.45) is -3.53. The van der Waals surface area contributed by atoms with Crippen molar-refractivity contribution in [3.05, 3.63) is 0 Å². The molecule has 0 spiro atoms. The van der Waals surface area contributed by atoms with Gasteiger partial charge in [-0.05, 0) is 6.42 Å². The lowest BCUT2D eigenvalue weighted by Gasteiger charge is -2.26. The Hall–Kier alpha value is -0.0500. The Morgan fingerprint density at radius 1 is 0.947 bits per heavy atom. The summed E-state index contributed by atoms with van der Waals surface area (Å²) in [5.74, 6) is -0.584. The van der Waals surface area contributed by atoms with Crippen molar-refractivity contribution in [2.45, 2.75) is 68.5 Å². The SMILES string of the molecule is CCCCCCC(=O)[C@H](O)[C@@H](O)[C@H](O)[C@H](O)C(O)Br. The lowest BCUT2D eigenvalue weighted by Crippen LogP contribution is -2.50. The molecule has 5 atom stereocenters. The van der Waals surface area contributed by atoms with Crippen molar-refractivity contribution in [3.63, 3.8) is 0 Å². The Kier molecular flexibility index (Phi) is 9.77.